The van der Waals surface area contributed by atoms with Gasteiger partial charge in [-0.3, -0.25) is 24.4 Å². The largest absolute Gasteiger partial charge is 0.361 e. The van der Waals surface area contributed by atoms with Gasteiger partial charge in [-0.1, -0.05) is 49.2 Å². The Balaban J connectivity index is 1.45. The van der Waals surface area contributed by atoms with Gasteiger partial charge in [-0.25, -0.2) is 10.4 Å². The van der Waals surface area contributed by atoms with Crippen LogP contribution in [0.2, 0.25) is 0 Å². The SMILES string of the molecule is O=C(CCCCCCC(=O)N1C(=O)C(c2c[nH]c3ccccc23)=C(c2c[nH]c3ccccc23)C1=O)NO. The molecule has 0 aliphatic carbocycles. The maximum atomic E-state index is 13.7. The second-order valence-corrected chi connectivity index (χ2v) is 9.03. The van der Waals surface area contributed by atoms with Crippen LogP contribution in [0.25, 0.3) is 33.0 Å². The summed E-state index contributed by atoms with van der Waals surface area (Å²) in [5.74, 6) is -2.25. The second-order valence-electron chi connectivity index (χ2n) is 9.03. The number of unbranched alkanes of at least 4 members (excludes halogenated alkanes) is 3. The fourth-order valence-corrected chi connectivity index (χ4v) is 4.90. The van der Waals surface area contributed by atoms with Gasteiger partial charge in [-0.15, -0.1) is 0 Å². The molecule has 0 atom stereocenters. The molecule has 5 rings (SSSR count). The van der Waals surface area contributed by atoms with Gasteiger partial charge in [0.15, 0.2) is 0 Å². The summed E-state index contributed by atoms with van der Waals surface area (Å²) in [5, 5.41) is 10.1. The maximum Gasteiger partial charge on any atom is 0.269 e. The molecule has 2 aromatic carbocycles. The third-order valence-corrected chi connectivity index (χ3v) is 6.72. The number of para-hydroxylation sites is 2. The van der Waals surface area contributed by atoms with Crippen LogP contribution in [0.3, 0.4) is 0 Å². The van der Waals surface area contributed by atoms with E-state index in [1.54, 1.807) is 17.9 Å². The summed E-state index contributed by atoms with van der Waals surface area (Å²) in [7, 11) is 0. The van der Waals surface area contributed by atoms with E-state index in [2.05, 4.69) is 9.97 Å². The number of fused-ring (bicyclic) bond motifs is 2. The van der Waals surface area contributed by atoms with Crippen molar-refractivity contribution in [2.45, 2.75) is 38.5 Å². The monoisotopic (exact) mass is 498 g/mol. The normalized spacial score (nSPS) is 13.8. The quantitative estimate of drug-likeness (QED) is 0.118. The Hall–Kier alpha value is -4.50. The molecular weight excluding hydrogens is 472 g/mol. The van der Waals surface area contributed by atoms with Crippen molar-refractivity contribution < 1.29 is 24.4 Å². The summed E-state index contributed by atoms with van der Waals surface area (Å²) < 4.78 is 0. The van der Waals surface area contributed by atoms with E-state index in [0.29, 0.717) is 36.8 Å². The Morgan fingerprint density at radius 3 is 1.73 bits per heavy atom. The van der Waals surface area contributed by atoms with E-state index in [-0.39, 0.29) is 24.0 Å². The van der Waals surface area contributed by atoms with Gasteiger partial charge >= 0.3 is 0 Å². The Kier molecular flexibility index (Phi) is 6.70. The van der Waals surface area contributed by atoms with Crippen molar-refractivity contribution in [3.63, 3.8) is 0 Å². The number of hydrogen-bond acceptors (Lipinski definition) is 5. The molecule has 0 unspecified atom stereocenters. The zero-order valence-corrected chi connectivity index (χ0v) is 20.0. The number of aromatic nitrogens is 2. The number of nitrogens with one attached hydrogen (secondary N) is 3. The molecule has 0 saturated heterocycles. The standard InChI is InChI=1S/C28H26N4O5/c33-23(31-37)13-3-1-2-4-14-24(34)32-27(35)25(19-15-29-21-11-7-5-9-17(19)21)26(28(32)36)20-16-30-22-12-8-6-10-18(20)22/h5-12,15-16,29-30,37H,1-4,13-14H2,(H,31,33). The number of H-pyrrole nitrogens is 2. The zero-order chi connectivity index (χ0) is 25.9. The lowest BCUT2D eigenvalue weighted by atomic mass is 9.95. The van der Waals surface area contributed by atoms with Crippen molar-refractivity contribution in [1.82, 2.24) is 20.3 Å². The van der Waals surface area contributed by atoms with Gasteiger partial charge in [0, 0.05) is 58.2 Å². The van der Waals surface area contributed by atoms with Crippen LogP contribution < -0.4 is 5.48 Å². The van der Waals surface area contributed by atoms with Crippen molar-refractivity contribution in [2.24, 2.45) is 0 Å². The number of carbonyl (C=O) groups excluding carboxylic acids is 4. The second kappa shape index (κ2) is 10.2. The summed E-state index contributed by atoms with van der Waals surface area (Å²) in [4.78, 5) is 58.8. The van der Waals surface area contributed by atoms with E-state index in [1.807, 2.05) is 48.5 Å². The Bertz CT molecular complexity index is 1460. The molecule has 1 aliphatic rings. The van der Waals surface area contributed by atoms with Gasteiger partial charge in [0.2, 0.25) is 11.8 Å². The number of amides is 4. The molecule has 0 bridgehead atoms. The van der Waals surface area contributed by atoms with E-state index in [1.165, 1.54) is 0 Å². The first kappa shape index (κ1) is 24.2. The van der Waals surface area contributed by atoms with Crippen LogP contribution in [0.15, 0.2) is 60.9 Å². The first-order valence-corrected chi connectivity index (χ1v) is 12.2. The van der Waals surface area contributed by atoms with Crippen molar-refractivity contribution in [1.29, 1.82) is 0 Å². The van der Waals surface area contributed by atoms with Crippen LogP contribution in [0.1, 0.15) is 49.7 Å². The predicted molar refractivity (Wildman–Crippen MR) is 138 cm³/mol. The number of hydroxylamine groups is 1. The molecule has 0 saturated carbocycles. The van der Waals surface area contributed by atoms with E-state index in [0.717, 1.165) is 26.7 Å². The number of rotatable bonds is 9. The minimum Gasteiger partial charge on any atom is -0.361 e. The van der Waals surface area contributed by atoms with Gasteiger partial charge < -0.3 is 9.97 Å². The summed E-state index contributed by atoms with van der Waals surface area (Å²) in [6, 6.07) is 15.0. The Labute approximate surface area is 212 Å². The molecule has 4 amide bonds. The van der Waals surface area contributed by atoms with Crippen LogP contribution in [-0.4, -0.2) is 43.7 Å². The highest BCUT2D eigenvalue weighted by Gasteiger charge is 2.44. The van der Waals surface area contributed by atoms with Crippen molar-refractivity contribution in [3.8, 4) is 0 Å². The van der Waals surface area contributed by atoms with Crippen LogP contribution in [0.5, 0.6) is 0 Å². The van der Waals surface area contributed by atoms with Crippen LogP contribution >= 0.6 is 0 Å². The lowest BCUT2D eigenvalue weighted by molar-refractivity contribution is -0.147. The number of benzene rings is 2. The van der Waals surface area contributed by atoms with Gasteiger partial charge in [-0.05, 0) is 25.0 Å². The molecule has 2 aromatic heterocycles. The van der Waals surface area contributed by atoms with Crippen molar-refractivity contribution in [2.75, 3.05) is 0 Å². The zero-order valence-electron chi connectivity index (χ0n) is 20.0. The highest BCUT2D eigenvalue weighted by Crippen LogP contribution is 2.40. The highest BCUT2D eigenvalue weighted by molar-refractivity contribution is 6.53. The molecule has 188 valence electrons. The van der Waals surface area contributed by atoms with Crippen molar-refractivity contribution >= 4 is 56.6 Å². The minimum absolute atomic E-state index is 0.0337. The number of aromatic amines is 2. The molecule has 0 radical (unpaired) electrons. The minimum atomic E-state index is -0.625. The van der Waals surface area contributed by atoms with E-state index < -0.39 is 23.6 Å². The van der Waals surface area contributed by atoms with Gasteiger partial charge in [0.1, 0.15) is 0 Å². The first-order valence-electron chi connectivity index (χ1n) is 12.2. The molecule has 1 aliphatic heterocycles. The Morgan fingerprint density at radius 2 is 1.22 bits per heavy atom. The lowest BCUT2D eigenvalue weighted by Crippen LogP contribution is -2.37. The molecule has 9 heteroatoms. The number of nitrogens with zero attached hydrogens (tertiary/aromatic N) is 1. The Morgan fingerprint density at radius 1 is 0.730 bits per heavy atom. The smallest absolute Gasteiger partial charge is 0.269 e. The fraction of sp³-hybridized carbons (Fsp3) is 0.214. The topological polar surface area (TPSA) is 135 Å². The summed E-state index contributed by atoms with van der Waals surface area (Å²) in [5.41, 5.74) is 4.80. The van der Waals surface area contributed by atoms with Crippen molar-refractivity contribution in [3.05, 3.63) is 72.1 Å². The summed E-state index contributed by atoms with van der Waals surface area (Å²) in [6.07, 6.45) is 6.01. The van der Waals surface area contributed by atoms with Crippen LogP contribution in [-0.2, 0) is 19.2 Å². The van der Waals surface area contributed by atoms with E-state index >= 15 is 0 Å². The molecule has 3 heterocycles. The third kappa shape index (κ3) is 4.45. The molecular formula is C28H26N4O5. The number of hydrogen-bond donors (Lipinski definition) is 4. The maximum absolute atomic E-state index is 13.7. The fourth-order valence-electron chi connectivity index (χ4n) is 4.90. The molecule has 0 fully saturated rings. The van der Waals surface area contributed by atoms with E-state index in [4.69, 9.17) is 5.21 Å². The number of carbonyl (C=O) groups is 4. The van der Waals surface area contributed by atoms with Crippen LogP contribution in [0.4, 0.5) is 0 Å². The van der Waals surface area contributed by atoms with Gasteiger partial charge in [-0.2, -0.15) is 0 Å². The molecule has 9 nitrogen and oxygen atoms in total. The lowest BCUT2D eigenvalue weighted by Gasteiger charge is -2.13. The van der Waals surface area contributed by atoms with Gasteiger partial charge in [0.25, 0.3) is 11.8 Å². The van der Waals surface area contributed by atoms with Gasteiger partial charge in [0.05, 0.1) is 11.1 Å². The number of imide groups is 3. The predicted octanol–water partition coefficient (Wildman–Crippen LogP) is 4.30. The first-order chi connectivity index (χ1) is 18.0. The summed E-state index contributed by atoms with van der Waals surface area (Å²) in [6.45, 7) is 0. The molecule has 4 N–H and O–H groups in total. The molecule has 4 aromatic rings. The highest BCUT2D eigenvalue weighted by atomic mass is 16.5. The summed E-state index contributed by atoms with van der Waals surface area (Å²) >= 11 is 0. The molecule has 37 heavy (non-hydrogen) atoms. The third-order valence-electron chi connectivity index (χ3n) is 6.72. The average Bonchev–Trinajstić information content (AvgIpc) is 3.59. The average molecular weight is 499 g/mol. The molecule has 0 spiro atoms. The van der Waals surface area contributed by atoms with Crippen LogP contribution in [0, 0.1) is 0 Å². The van der Waals surface area contributed by atoms with E-state index in [9.17, 15) is 19.2 Å².